The number of benzene rings is 2. The summed E-state index contributed by atoms with van der Waals surface area (Å²) in [5.41, 5.74) is 1.90. The molecule has 3 heterocycles. The van der Waals surface area contributed by atoms with Crippen molar-refractivity contribution in [1.82, 2.24) is 19.6 Å². The van der Waals surface area contributed by atoms with E-state index >= 15 is 0 Å². The van der Waals surface area contributed by atoms with Crippen molar-refractivity contribution >= 4 is 30.8 Å². The van der Waals surface area contributed by atoms with Gasteiger partial charge in [-0.15, -0.1) is 0 Å². The second-order valence-electron chi connectivity index (χ2n) is 11.9. The summed E-state index contributed by atoms with van der Waals surface area (Å²) in [4.78, 5) is 55.5. The van der Waals surface area contributed by atoms with Crippen LogP contribution in [-0.4, -0.2) is 101 Å². The first-order valence-corrected chi connectivity index (χ1v) is 16.0. The lowest BCUT2D eigenvalue weighted by Gasteiger charge is -2.51. The second kappa shape index (κ2) is 15.1. The highest BCUT2D eigenvalue weighted by Crippen LogP contribution is 2.38. The van der Waals surface area contributed by atoms with Gasteiger partial charge in [0.05, 0.1) is 18.1 Å². The predicted molar refractivity (Wildman–Crippen MR) is 168 cm³/mol. The number of likely N-dealkylation sites (tertiary alicyclic amines) is 1. The SMILES string of the molecule is CC[C@@H](C=O)N1C(=O)C(N2C(=O)OC[C@@H]2c2ccccc2)C1/C=C/c1ccccc1.O=CN1CCN(C2CCCCC2)CC1. The van der Waals surface area contributed by atoms with Gasteiger partial charge in [-0.25, -0.2) is 4.79 Å². The molecule has 6 rings (SSSR count). The number of piperazine rings is 1. The van der Waals surface area contributed by atoms with Gasteiger partial charge in [0, 0.05) is 32.2 Å². The highest BCUT2D eigenvalue weighted by atomic mass is 16.6. The first-order valence-electron chi connectivity index (χ1n) is 16.0. The molecule has 4 atom stereocenters. The molecule has 3 amide bonds. The Morgan fingerprint density at radius 3 is 2.16 bits per heavy atom. The fourth-order valence-electron chi connectivity index (χ4n) is 6.84. The summed E-state index contributed by atoms with van der Waals surface area (Å²) < 4.78 is 5.32. The highest BCUT2D eigenvalue weighted by Gasteiger charge is 2.56. The van der Waals surface area contributed by atoms with Crippen molar-refractivity contribution in [3.8, 4) is 0 Å². The molecular weight excluding hydrogens is 556 g/mol. The quantitative estimate of drug-likeness (QED) is 0.310. The maximum Gasteiger partial charge on any atom is 0.411 e. The van der Waals surface area contributed by atoms with Crippen molar-refractivity contribution in [3.63, 3.8) is 0 Å². The van der Waals surface area contributed by atoms with E-state index in [2.05, 4.69) is 4.90 Å². The van der Waals surface area contributed by atoms with Crippen molar-refractivity contribution in [2.75, 3.05) is 32.8 Å². The van der Waals surface area contributed by atoms with Crippen LogP contribution in [0.4, 0.5) is 4.79 Å². The van der Waals surface area contributed by atoms with E-state index < -0.39 is 24.2 Å². The summed E-state index contributed by atoms with van der Waals surface area (Å²) in [5.74, 6) is -0.226. The molecule has 44 heavy (non-hydrogen) atoms. The van der Waals surface area contributed by atoms with Crippen LogP contribution in [-0.2, 0) is 19.1 Å². The molecule has 0 spiro atoms. The molecule has 2 unspecified atom stereocenters. The van der Waals surface area contributed by atoms with Crippen molar-refractivity contribution in [3.05, 3.63) is 77.9 Å². The van der Waals surface area contributed by atoms with E-state index in [1.165, 1.54) is 37.0 Å². The van der Waals surface area contributed by atoms with Crippen LogP contribution in [0.15, 0.2) is 66.7 Å². The minimum Gasteiger partial charge on any atom is -0.447 e. The van der Waals surface area contributed by atoms with Gasteiger partial charge in [-0.1, -0.05) is 99.0 Å². The molecule has 0 bridgehead atoms. The maximum absolute atomic E-state index is 13.1. The number of cyclic esters (lactones) is 1. The average molecular weight is 601 g/mol. The molecule has 0 N–H and O–H groups in total. The molecule has 2 aromatic rings. The van der Waals surface area contributed by atoms with Crippen molar-refractivity contribution in [2.24, 2.45) is 0 Å². The van der Waals surface area contributed by atoms with Gasteiger partial charge in [-0.2, -0.15) is 0 Å². The number of amides is 3. The molecular formula is C35H44N4O5. The zero-order chi connectivity index (χ0) is 30.9. The number of rotatable bonds is 9. The minimum atomic E-state index is -0.695. The lowest BCUT2D eigenvalue weighted by molar-refractivity contribution is -0.160. The lowest BCUT2D eigenvalue weighted by Crippen LogP contribution is -2.72. The Morgan fingerprint density at radius 1 is 0.886 bits per heavy atom. The molecule has 1 saturated carbocycles. The van der Waals surface area contributed by atoms with Gasteiger partial charge in [-0.3, -0.25) is 19.4 Å². The van der Waals surface area contributed by atoms with E-state index in [0.29, 0.717) is 6.42 Å². The van der Waals surface area contributed by atoms with Gasteiger partial charge < -0.3 is 19.3 Å². The van der Waals surface area contributed by atoms with Crippen LogP contribution in [0, 0.1) is 0 Å². The minimum absolute atomic E-state index is 0.201. The summed E-state index contributed by atoms with van der Waals surface area (Å²) >= 11 is 0. The molecule has 0 aromatic heterocycles. The lowest BCUT2D eigenvalue weighted by atomic mass is 9.88. The van der Waals surface area contributed by atoms with E-state index in [-0.39, 0.29) is 18.6 Å². The molecule has 4 aliphatic rings. The molecule has 3 saturated heterocycles. The van der Waals surface area contributed by atoms with Crippen LogP contribution in [0.2, 0.25) is 0 Å². The zero-order valence-corrected chi connectivity index (χ0v) is 25.6. The van der Waals surface area contributed by atoms with Crippen LogP contribution in [0.3, 0.4) is 0 Å². The highest BCUT2D eigenvalue weighted by molar-refractivity contribution is 5.95. The third-order valence-electron chi connectivity index (χ3n) is 9.35. The standard InChI is InChI=1S/C24H24N2O4.C11H20N2O/c1-2-19(15-27)25-20(14-13-17-9-5-3-6-10-17)22(23(25)28)26-21(16-30-24(26)29)18-11-7-4-8-12-18;14-10-12-6-8-13(9-7-12)11-4-2-1-3-5-11/h3-15,19-22H,2,16H2,1H3;10-11H,1-9H2/b14-13+;/t19-,20?,21+,22?;/m0./s1. The number of β-lactam (4-membered cyclic amide) rings is 1. The van der Waals surface area contributed by atoms with Gasteiger partial charge in [0.2, 0.25) is 12.3 Å². The number of carbonyl (C=O) groups excluding carboxylic acids is 4. The van der Waals surface area contributed by atoms with E-state index in [1.807, 2.05) is 84.6 Å². The number of carbonyl (C=O) groups is 4. The third kappa shape index (κ3) is 7.04. The number of nitrogens with zero attached hydrogens (tertiary/aromatic N) is 4. The van der Waals surface area contributed by atoms with E-state index in [0.717, 1.165) is 56.0 Å². The molecule has 2 aromatic carbocycles. The number of aldehydes is 1. The summed E-state index contributed by atoms with van der Waals surface area (Å²) in [5, 5.41) is 0. The average Bonchev–Trinajstić information content (AvgIpc) is 3.46. The van der Waals surface area contributed by atoms with Crippen molar-refractivity contribution in [1.29, 1.82) is 0 Å². The van der Waals surface area contributed by atoms with Crippen molar-refractivity contribution in [2.45, 2.75) is 75.7 Å². The van der Waals surface area contributed by atoms with Crippen molar-refractivity contribution < 1.29 is 23.9 Å². The van der Waals surface area contributed by atoms with Gasteiger partial charge in [0.15, 0.2) is 0 Å². The molecule has 0 radical (unpaired) electrons. The van der Waals surface area contributed by atoms with Crippen LogP contribution in [0.1, 0.15) is 62.6 Å². The fourth-order valence-corrected chi connectivity index (χ4v) is 6.84. The second-order valence-corrected chi connectivity index (χ2v) is 11.9. The number of hydrogen-bond acceptors (Lipinski definition) is 6. The predicted octanol–water partition coefficient (Wildman–Crippen LogP) is 4.54. The van der Waals surface area contributed by atoms with Crippen LogP contribution >= 0.6 is 0 Å². The Morgan fingerprint density at radius 2 is 1.55 bits per heavy atom. The van der Waals surface area contributed by atoms with E-state index in [9.17, 15) is 19.2 Å². The maximum atomic E-state index is 13.1. The summed E-state index contributed by atoms with van der Waals surface area (Å²) in [6.45, 7) is 6.11. The van der Waals surface area contributed by atoms with E-state index in [4.69, 9.17) is 4.74 Å². The molecule has 234 valence electrons. The van der Waals surface area contributed by atoms with Crippen LogP contribution in [0.25, 0.3) is 6.08 Å². The van der Waals surface area contributed by atoms with Crippen LogP contribution < -0.4 is 0 Å². The summed E-state index contributed by atoms with van der Waals surface area (Å²) in [6, 6.07) is 18.2. The first-order chi connectivity index (χ1) is 21.5. The Labute approximate surface area is 260 Å². The van der Waals surface area contributed by atoms with E-state index in [1.54, 1.807) is 4.90 Å². The Hall–Kier alpha value is -3.98. The van der Waals surface area contributed by atoms with Gasteiger partial charge >= 0.3 is 6.09 Å². The zero-order valence-electron chi connectivity index (χ0n) is 25.6. The number of ether oxygens (including phenoxy) is 1. The molecule has 3 aliphatic heterocycles. The topological polar surface area (TPSA) is 90.5 Å². The molecule has 1 aliphatic carbocycles. The molecule has 9 nitrogen and oxygen atoms in total. The Balaban J connectivity index is 0.000000229. The van der Waals surface area contributed by atoms with Gasteiger partial charge in [0.1, 0.15) is 18.9 Å². The first kappa shape index (κ1) is 31.4. The van der Waals surface area contributed by atoms with Gasteiger partial charge in [0.25, 0.3) is 0 Å². The van der Waals surface area contributed by atoms with Crippen LogP contribution in [0.5, 0.6) is 0 Å². The van der Waals surface area contributed by atoms with Gasteiger partial charge in [-0.05, 0) is 30.4 Å². The summed E-state index contributed by atoms with van der Waals surface area (Å²) in [6.07, 6.45) is 12.6. The Bertz CT molecular complexity index is 1270. The third-order valence-corrected chi connectivity index (χ3v) is 9.35. The Kier molecular flexibility index (Phi) is 10.8. The number of hydrogen-bond donors (Lipinski definition) is 0. The summed E-state index contributed by atoms with van der Waals surface area (Å²) in [7, 11) is 0. The molecule has 9 heteroatoms. The smallest absolute Gasteiger partial charge is 0.411 e. The largest absolute Gasteiger partial charge is 0.447 e. The fraction of sp³-hybridized carbons (Fsp3) is 0.486. The molecule has 4 fully saturated rings. The normalized spacial score (nSPS) is 25.2. The monoisotopic (exact) mass is 600 g/mol.